The molecule has 0 radical (unpaired) electrons. The van der Waals surface area contributed by atoms with E-state index in [0.717, 1.165) is 43.6 Å². The van der Waals surface area contributed by atoms with Crippen molar-refractivity contribution in [2.24, 2.45) is 5.41 Å². The summed E-state index contributed by atoms with van der Waals surface area (Å²) < 4.78 is 28.0. The molecule has 0 atom stereocenters. The van der Waals surface area contributed by atoms with Crippen LogP contribution in [-0.4, -0.2) is 28.1 Å². The normalized spacial score (nSPS) is 17.6. The topological polar surface area (TPSA) is 58.2 Å². The smallest absolute Gasteiger partial charge is 0.250 e. The molecule has 2 N–H and O–H groups in total. The molecule has 0 aromatic carbocycles. The van der Waals surface area contributed by atoms with Crippen LogP contribution in [0.25, 0.3) is 0 Å². The Hall–Kier alpha value is -0.430. The lowest BCUT2D eigenvalue weighted by Crippen LogP contribution is -2.41. The highest BCUT2D eigenvalue weighted by Gasteiger charge is 2.36. The monoisotopic (exact) mass is 330 g/mol. The molecule has 1 aliphatic carbocycles. The van der Waals surface area contributed by atoms with Crippen molar-refractivity contribution in [3.05, 3.63) is 17.0 Å². The molecule has 2 rings (SSSR count). The van der Waals surface area contributed by atoms with Gasteiger partial charge in [0.25, 0.3) is 0 Å². The first-order valence-electron chi connectivity index (χ1n) is 7.80. The highest BCUT2D eigenvalue weighted by atomic mass is 32.2. The lowest BCUT2D eigenvalue weighted by atomic mass is 9.67. The van der Waals surface area contributed by atoms with Gasteiger partial charge in [0.2, 0.25) is 10.0 Å². The van der Waals surface area contributed by atoms with Gasteiger partial charge in [-0.1, -0.05) is 20.3 Å². The second-order valence-electron chi connectivity index (χ2n) is 5.86. The third-order valence-corrected chi connectivity index (χ3v) is 7.54. The largest absolute Gasteiger partial charge is 0.317 e. The molecule has 6 heteroatoms. The van der Waals surface area contributed by atoms with E-state index >= 15 is 0 Å². The van der Waals surface area contributed by atoms with E-state index < -0.39 is 10.0 Å². The maximum Gasteiger partial charge on any atom is 0.250 e. The molecule has 0 saturated heterocycles. The van der Waals surface area contributed by atoms with Crippen molar-refractivity contribution in [1.82, 2.24) is 10.0 Å². The average molecular weight is 331 g/mol. The summed E-state index contributed by atoms with van der Waals surface area (Å²) in [5, 5.41) is 3.25. The van der Waals surface area contributed by atoms with E-state index in [1.165, 1.54) is 17.8 Å². The standard InChI is InChI=1S/C15H26N2O2S2/c1-3-15(9-5-10-15)12-17-21(18,19)14-7-6-13(20-14)8-11-16-4-2/h6-7,16-17H,3-5,8-12H2,1-2H3. The van der Waals surface area contributed by atoms with Crippen LogP contribution in [0.5, 0.6) is 0 Å². The lowest BCUT2D eigenvalue weighted by Gasteiger charge is -2.41. The van der Waals surface area contributed by atoms with Gasteiger partial charge in [-0.2, -0.15) is 0 Å². The van der Waals surface area contributed by atoms with E-state index in [-0.39, 0.29) is 5.41 Å². The first-order chi connectivity index (χ1) is 10.0. The maximum atomic E-state index is 12.4. The van der Waals surface area contributed by atoms with E-state index in [0.29, 0.717) is 10.8 Å². The fourth-order valence-electron chi connectivity index (χ4n) is 2.68. The summed E-state index contributed by atoms with van der Waals surface area (Å²) in [6.07, 6.45) is 5.44. The van der Waals surface area contributed by atoms with E-state index in [9.17, 15) is 8.42 Å². The molecule has 1 aromatic heterocycles. The number of sulfonamides is 1. The van der Waals surface area contributed by atoms with Gasteiger partial charge < -0.3 is 5.32 Å². The van der Waals surface area contributed by atoms with Crippen LogP contribution in [0.1, 0.15) is 44.4 Å². The summed E-state index contributed by atoms with van der Waals surface area (Å²) in [6.45, 7) is 6.63. The van der Waals surface area contributed by atoms with Crippen LogP contribution in [0.3, 0.4) is 0 Å². The molecule has 0 unspecified atom stereocenters. The summed E-state index contributed by atoms with van der Waals surface area (Å²) in [7, 11) is -3.34. The van der Waals surface area contributed by atoms with Crippen molar-refractivity contribution >= 4 is 21.4 Å². The van der Waals surface area contributed by atoms with Gasteiger partial charge in [-0.15, -0.1) is 11.3 Å². The third-order valence-electron chi connectivity index (χ3n) is 4.50. The molecule has 1 fully saturated rings. The van der Waals surface area contributed by atoms with Crippen molar-refractivity contribution in [2.45, 2.75) is 50.2 Å². The Kier molecular flexibility index (Phi) is 5.82. The molecule has 0 amide bonds. The van der Waals surface area contributed by atoms with Crippen LogP contribution in [0.15, 0.2) is 16.3 Å². The number of hydrogen-bond donors (Lipinski definition) is 2. The zero-order chi connectivity index (χ0) is 15.3. The van der Waals surface area contributed by atoms with Crippen LogP contribution >= 0.6 is 11.3 Å². The first-order valence-corrected chi connectivity index (χ1v) is 10.1. The molecule has 1 saturated carbocycles. The Bertz CT molecular complexity index is 542. The van der Waals surface area contributed by atoms with Gasteiger partial charge in [-0.25, -0.2) is 13.1 Å². The Morgan fingerprint density at radius 1 is 1.29 bits per heavy atom. The Morgan fingerprint density at radius 3 is 2.62 bits per heavy atom. The van der Waals surface area contributed by atoms with Crippen molar-refractivity contribution in [3.63, 3.8) is 0 Å². The van der Waals surface area contributed by atoms with Crippen LogP contribution < -0.4 is 10.0 Å². The van der Waals surface area contributed by atoms with E-state index in [2.05, 4.69) is 23.9 Å². The molecule has 21 heavy (non-hydrogen) atoms. The number of rotatable bonds is 9. The van der Waals surface area contributed by atoms with Gasteiger partial charge in [0.05, 0.1) is 0 Å². The van der Waals surface area contributed by atoms with Crippen LogP contribution in [0, 0.1) is 5.41 Å². The van der Waals surface area contributed by atoms with Gasteiger partial charge >= 0.3 is 0 Å². The molecule has 1 aromatic rings. The highest BCUT2D eigenvalue weighted by Crippen LogP contribution is 2.43. The predicted molar refractivity (Wildman–Crippen MR) is 88.3 cm³/mol. The molecular formula is C15H26N2O2S2. The molecule has 0 spiro atoms. The second kappa shape index (κ2) is 7.22. The third kappa shape index (κ3) is 4.28. The molecule has 0 aliphatic heterocycles. The summed E-state index contributed by atoms with van der Waals surface area (Å²) in [6, 6.07) is 3.66. The predicted octanol–water partition coefficient (Wildman–Crippen LogP) is 2.76. The minimum absolute atomic E-state index is 0.207. The number of likely N-dealkylation sites (N-methyl/N-ethyl adjacent to an activating group) is 1. The second-order valence-corrected chi connectivity index (χ2v) is 9.02. The molecule has 120 valence electrons. The fourth-order valence-corrected chi connectivity index (χ4v) is 5.23. The lowest BCUT2D eigenvalue weighted by molar-refractivity contribution is 0.133. The fraction of sp³-hybridized carbons (Fsp3) is 0.733. The SMILES string of the molecule is CCNCCc1ccc(S(=O)(=O)NCC2(CC)CCC2)s1. The molecule has 0 bridgehead atoms. The van der Waals surface area contributed by atoms with Crippen molar-refractivity contribution in [2.75, 3.05) is 19.6 Å². The summed E-state index contributed by atoms with van der Waals surface area (Å²) in [4.78, 5) is 1.12. The number of hydrogen-bond acceptors (Lipinski definition) is 4. The van der Waals surface area contributed by atoms with Gasteiger partial charge in [0.15, 0.2) is 0 Å². The van der Waals surface area contributed by atoms with E-state index in [1.807, 2.05) is 6.07 Å². The Labute approximate surface area is 132 Å². The minimum atomic E-state index is -3.34. The van der Waals surface area contributed by atoms with Crippen LogP contribution in [0.4, 0.5) is 0 Å². The number of thiophene rings is 1. The quantitative estimate of drug-likeness (QED) is 0.685. The van der Waals surface area contributed by atoms with Gasteiger partial charge in [-0.3, -0.25) is 0 Å². The van der Waals surface area contributed by atoms with Crippen LogP contribution in [-0.2, 0) is 16.4 Å². The molecule has 1 heterocycles. The molecular weight excluding hydrogens is 304 g/mol. The van der Waals surface area contributed by atoms with Crippen molar-refractivity contribution in [1.29, 1.82) is 0 Å². The summed E-state index contributed by atoms with van der Waals surface area (Å²) >= 11 is 1.38. The highest BCUT2D eigenvalue weighted by molar-refractivity contribution is 7.91. The first kappa shape index (κ1) is 16.9. The Morgan fingerprint density at radius 2 is 2.05 bits per heavy atom. The van der Waals surface area contributed by atoms with E-state index in [4.69, 9.17) is 0 Å². The summed E-state index contributed by atoms with van der Waals surface area (Å²) in [5.74, 6) is 0. The summed E-state index contributed by atoms with van der Waals surface area (Å²) in [5.41, 5.74) is 0.207. The number of nitrogens with one attached hydrogen (secondary N) is 2. The maximum absolute atomic E-state index is 12.4. The zero-order valence-corrected chi connectivity index (χ0v) is 14.6. The van der Waals surface area contributed by atoms with E-state index in [1.54, 1.807) is 6.07 Å². The van der Waals surface area contributed by atoms with Crippen molar-refractivity contribution < 1.29 is 8.42 Å². The van der Waals surface area contributed by atoms with Crippen molar-refractivity contribution in [3.8, 4) is 0 Å². The van der Waals surface area contributed by atoms with Gasteiger partial charge in [-0.05, 0) is 56.3 Å². The van der Waals surface area contributed by atoms with Crippen LogP contribution in [0.2, 0.25) is 0 Å². The minimum Gasteiger partial charge on any atom is -0.317 e. The van der Waals surface area contributed by atoms with Gasteiger partial charge in [0, 0.05) is 11.4 Å². The molecule has 1 aliphatic rings. The average Bonchev–Trinajstić information content (AvgIpc) is 2.88. The Balaban J connectivity index is 1.93. The van der Waals surface area contributed by atoms with Gasteiger partial charge in [0.1, 0.15) is 4.21 Å². The zero-order valence-electron chi connectivity index (χ0n) is 12.9. The molecule has 4 nitrogen and oxygen atoms in total.